The number of benzene rings is 1. The summed E-state index contributed by atoms with van der Waals surface area (Å²) in [7, 11) is 0. The van der Waals surface area contributed by atoms with Gasteiger partial charge in [0.2, 0.25) is 5.91 Å². The number of carbonyl (C=O) groups excluding carboxylic acids is 1. The van der Waals surface area contributed by atoms with E-state index in [1.54, 1.807) is 11.0 Å². The van der Waals surface area contributed by atoms with Gasteiger partial charge in [-0.15, -0.1) is 12.4 Å². The van der Waals surface area contributed by atoms with Gasteiger partial charge in [0.15, 0.2) is 0 Å². The van der Waals surface area contributed by atoms with Gasteiger partial charge in [0.1, 0.15) is 5.82 Å². The highest BCUT2D eigenvalue weighted by atomic mass is 35.5. The molecule has 1 fully saturated rings. The maximum atomic E-state index is 13.3. The fourth-order valence-electron chi connectivity index (χ4n) is 2.79. The molecule has 1 aromatic rings. The van der Waals surface area contributed by atoms with Gasteiger partial charge in [0.25, 0.3) is 0 Å². The summed E-state index contributed by atoms with van der Waals surface area (Å²) in [6.45, 7) is 4.39. The lowest BCUT2D eigenvalue weighted by Crippen LogP contribution is -2.50. The molecule has 0 bridgehead atoms. The molecule has 1 aliphatic rings. The van der Waals surface area contributed by atoms with Crippen molar-refractivity contribution in [2.75, 3.05) is 26.3 Å². The molecule has 0 atom stereocenters. The van der Waals surface area contributed by atoms with Crippen LogP contribution in [-0.2, 0) is 16.1 Å². The molecule has 1 saturated heterocycles. The smallest absolute Gasteiger partial charge is 0.230 e. The number of amides is 1. The SMILES string of the molecule is CCN(Cc1cccc(F)c1)C(=O)C1(CN)CCOCC1.Cl. The van der Waals surface area contributed by atoms with E-state index in [0.29, 0.717) is 45.7 Å². The first-order chi connectivity index (χ1) is 10.1. The van der Waals surface area contributed by atoms with E-state index in [4.69, 9.17) is 10.5 Å². The summed E-state index contributed by atoms with van der Waals surface area (Å²) in [4.78, 5) is 14.6. The topological polar surface area (TPSA) is 55.6 Å². The van der Waals surface area contributed by atoms with Crippen LogP contribution in [0.5, 0.6) is 0 Å². The average Bonchev–Trinajstić information content (AvgIpc) is 2.52. The van der Waals surface area contributed by atoms with Gasteiger partial charge in [-0.25, -0.2) is 4.39 Å². The molecular formula is C16H24ClFN2O2. The zero-order valence-corrected chi connectivity index (χ0v) is 13.7. The second kappa shape index (κ2) is 8.46. The van der Waals surface area contributed by atoms with Crippen molar-refractivity contribution in [2.24, 2.45) is 11.1 Å². The molecule has 124 valence electrons. The Morgan fingerprint density at radius 1 is 1.41 bits per heavy atom. The minimum atomic E-state index is -0.526. The summed E-state index contributed by atoms with van der Waals surface area (Å²) in [5.74, 6) is -0.226. The maximum Gasteiger partial charge on any atom is 0.230 e. The Labute approximate surface area is 137 Å². The van der Waals surface area contributed by atoms with Crippen molar-refractivity contribution in [3.8, 4) is 0 Å². The van der Waals surface area contributed by atoms with Crippen molar-refractivity contribution in [3.05, 3.63) is 35.6 Å². The van der Waals surface area contributed by atoms with Gasteiger partial charge in [-0.05, 0) is 37.5 Å². The lowest BCUT2D eigenvalue weighted by molar-refractivity contribution is -0.147. The first-order valence-corrected chi connectivity index (χ1v) is 7.43. The molecule has 0 saturated carbocycles. The number of ether oxygens (including phenoxy) is 1. The van der Waals surface area contributed by atoms with E-state index < -0.39 is 5.41 Å². The minimum absolute atomic E-state index is 0. The van der Waals surface area contributed by atoms with Crippen LogP contribution in [0, 0.1) is 11.2 Å². The predicted octanol–water partition coefficient (Wildman–Crippen LogP) is 2.35. The highest BCUT2D eigenvalue weighted by Gasteiger charge is 2.41. The van der Waals surface area contributed by atoms with Gasteiger partial charge in [-0.2, -0.15) is 0 Å². The van der Waals surface area contributed by atoms with Gasteiger partial charge in [-0.3, -0.25) is 4.79 Å². The van der Waals surface area contributed by atoms with Crippen LogP contribution in [0.4, 0.5) is 4.39 Å². The molecule has 4 nitrogen and oxygen atoms in total. The van der Waals surface area contributed by atoms with Crippen LogP contribution in [-0.4, -0.2) is 37.1 Å². The first-order valence-electron chi connectivity index (χ1n) is 7.43. The third-order valence-electron chi connectivity index (χ3n) is 4.23. The van der Waals surface area contributed by atoms with Gasteiger partial charge >= 0.3 is 0 Å². The minimum Gasteiger partial charge on any atom is -0.381 e. The van der Waals surface area contributed by atoms with Crippen LogP contribution >= 0.6 is 12.4 Å². The van der Waals surface area contributed by atoms with Gasteiger partial charge in [0, 0.05) is 32.8 Å². The molecule has 2 rings (SSSR count). The van der Waals surface area contributed by atoms with Crippen LogP contribution in [0.3, 0.4) is 0 Å². The number of carbonyl (C=O) groups is 1. The summed E-state index contributed by atoms with van der Waals surface area (Å²) in [6, 6.07) is 6.37. The van der Waals surface area contributed by atoms with Crippen LogP contribution in [0.1, 0.15) is 25.3 Å². The second-order valence-corrected chi connectivity index (χ2v) is 5.55. The summed E-state index contributed by atoms with van der Waals surface area (Å²) in [6.07, 6.45) is 1.31. The van der Waals surface area contributed by atoms with Crippen LogP contribution in [0.25, 0.3) is 0 Å². The Kier molecular flexibility index (Phi) is 7.26. The molecule has 1 aliphatic heterocycles. The van der Waals surface area contributed by atoms with Gasteiger partial charge in [-0.1, -0.05) is 12.1 Å². The molecule has 2 N–H and O–H groups in total. The molecule has 1 heterocycles. The molecule has 0 radical (unpaired) electrons. The standard InChI is InChI=1S/C16H23FN2O2.ClH/c1-2-19(11-13-4-3-5-14(17)10-13)15(20)16(12-18)6-8-21-9-7-16;/h3-5,10H,2,6-9,11-12,18H2,1H3;1H. The molecule has 0 spiro atoms. The lowest BCUT2D eigenvalue weighted by Gasteiger charge is -2.38. The Morgan fingerprint density at radius 3 is 2.64 bits per heavy atom. The lowest BCUT2D eigenvalue weighted by atomic mass is 9.78. The third kappa shape index (κ3) is 4.18. The molecule has 0 aromatic heterocycles. The Morgan fingerprint density at radius 2 is 2.09 bits per heavy atom. The Hall–Kier alpha value is -1.17. The predicted molar refractivity (Wildman–Crippen MR) is 86.3 cm³/mol. The van der Waals surface area contributed by atoms with Crippen molar-refractivity contribution in [3.63, 3.8) is 0 Å². The van der Waals surface area contributed by atoms with E-state index in [0.717, 1.165) is 5.56 Å². The van der Waals surface area contributed by atoms with E-state index in [1.807, 2.05) is 13.0 Å². The van der Waals surface area contributed by atoms with Crippen molar-refractivity contribution in [1.29, 1.82) is 0 Å². The molecule has 0 aliphatic carbocycles. The Bertz CT molecular complexity index is 493. The molecule has 6 heteroatoms. The van der Waals surface area contributed by atoms with Crippen LogP contribution in [0.15, 0.2) is 24.3 Å². The Balaban J connectivity index is 0.00000242. The number of nitrogens with two attached hydrogens (primary N) is 1. The van der Waals surface area contributed by atoms with Gasteiger partial charge in [0.05, 0.1) is 5.41 Å². The molecule has 22 heavy (non-hydrogen) atoms. The highest BCUT2D eigenvalue weighted by molar-refractivity contribution is 5.85. The average molecular weight is 331 g/mol. The van der Waals surface area contributed by atoms with Crippen LogP contribution < -0.4 is 5.73 Å². The third-order valence-corrected chi connectivity index (χ3v) is 4.23. The fraction of sp³-hybridized carbons (Fsp3) is 0.562. The fourth-order valence-corrected chi connectivity index (χ4v) is 2.79. The highest BCUT2D eigenvalue weighted by Crippen LogP contribution is 2.32. The van der Waals surface area contributed by atoms with E-state index in [2.05, 4.69) is 0 Å². The van der Waals surface area contributed by atoms with E-state index in [9.17, 15) is 9.18 Å². The zero-order chi connectivity index (χ0) is 15.3. The number of hydrogen-bond donors (Lipinski definition) is 1. The molecule has 0 unspecified atom stereocenters. The number of nitrogens with zero attached hydrogens (tertiary/aromatic N) is 1. The number of hydrogen-bond acceptors (Lipinski definition) is 3. The van der Waals surface area contributed by atoms with Crippen LogP contribution in [0.2, 0.25) is 0 Å². The van der Waals surface area contributed by atoms with Crippen molar-refractivity contribution < 1.29 is 13.9 Å². The van der Waals surface area contributed by atoms with Crippen molar-refractivity contribution >= 4 is 18.3 Å². The molecule has 1 aromatic carbocycles. The van der Waals surface area contributed by atoms with Crippen molar-refractivity contribution in [1.82, 2.24) is 4.90 Å². The first kappa shape index (κ1) is 18.9. The second-order valence-electron chi connectivity index (χ2n) is 5.55. The maximum absolute atomic E-state index is 13.3. The monoisotopic (exact) mass is 330 g/mol. The largest absolute Gasteiger partial charge is 0.381 e. The molecule has 1 amide bonds. The van der Waals surface area contributed by atoms with Gasteiger partial charge < -0.3 is 15.4 Å². The summed E-state index contributed by atoms with van der Waals surface area (Å²) >= 11 is 0. The normalized spacial score (nSPS) is 16.7. The summed E-state index contributed by atoms with van der Waals surface area (Å²) in [5.41, 5.74) is 6.16. The molecular weight excluding hydrogens is 307 g/mol. The van der Waals surface area contributed by atoms with E-state index in [-0.39, 0.29) is 24.1 Å². The number of halogens is 2. The quantitative estimate of drug-likeness (QED) is 0.901. The summed E-state index contributed by atoms with van der Waals surface area (Å²) < 4.78 is 18.6. The summed E-state index contributed by atoms with van der Waals surface area (Å²) in [5, 5.41) is 0. The van der Waals surface area contributed by atoms with Crippen molar-refractivity contribution in [2.45, 2.75) is 26.3 Å². The van der Waals surface area contributed by atoms with E-state index in [1.165, 1.54) is 12.1 Å². The number of rotatable bonds is 5. The van der Waals surface area contributed by atoms with E-state index >= 15 is 0 Å². The zero-order valence-electron chi connectivity index (χ0n) is 12.9.